The first-order valence-electron chi connectivity index (χ1n) is 13.4. The molecule has 1 unspecified atom stereocenters. The van der Waals surface area contributed by atoms with E-state index in [4.69, 9.17) is 10.5 Å². The topological polar surface area (TPSA) is 107 Å². The van der Waals surface area contributed by atoms with E-state index in [1.807, 2.05) is 42.8 Å². The Balaban J connectivity index is 1.19. The van der Waals surface area contributed by atoms with Gasteiger partial charge in [0, 0.05) is 30.9 Å². The van der Waals surface area contributed by atoms with Crippen LogP contribution in [0.3, 0.4) is 0 Å². The Bertz CT molecular complexity index is 1360. The monoisotopic (exact) mass is 532 g/mol. The van der Waals surface area contributed by atoms with E-state index in [1.165, 1.54) is 17.7 Å². The molecule has 2 heterocycles. The number of amides is 1. The zero-order chi connectivity index (χ0) is 27.9. The lowest BCUT2D eigenvalue weighted by Crippen LogP contribution is -2.24. The third-order valence-electron chi connectivity index (χ3n) is 7.01. The number of alkyl carbamates (subject to hydrolysis) is 1. The zero-order valence-electron chi connectivity index (χ0n) is 23.0. The molecule has 9 heteroatoms. The first-order valence-corrected chi connectivity index (χ1v) is 13.4. The van der Waals surface area contributed by atoms with Gasteiger partial charge in [0.2, 0.25) is 0 Å². The van der Waals surface area contributed by atoms with Crippen LogP contribution in [-0.4, -0.2) is 34.3 Å². The van der Waals surface area contributed by atoms with Gasteiger partial charge in [-0.1, -0.05) is 38.1 Å². The molecule has 2 atom stereocenters. The highest BCUT2D eigenvalue weighted by molar-refractivity contribution is 5.96. The number of aromatic nitrogens is 2. The van der Waals surface area contributed by atoms with Gasteiger partial charge in [-0.05, 0) is 67.5 Å². The Morgan fingerprint density at radius 3 is 2.79 bits per heavy atom. The van der Waals surface area contributed by atoms with Crippen molar-refractivity contribution in [2.45, 2.75) is 65.6 Å². The van der Waals surface area contributed by atoms with Gasteiger partial charge in [0.05, 0.1) is 24.7 Å². The number of carbonyl (C=O) groups is 1. The van der Waals surface area contributed by atoms with Crippen molar-refractivity contribution in [3.05, 3.63) is 82.7 Å². The van der Waals surface area contributed by atoms with Crippen molar-refractivity contribution in [2.75, 3.05) is 6.61 Å². The van der Waals surface area contributed by atoms with Crippen LogP contribution in [0.2, 0.25) is 0 Å². The number of halogens is 1. The van der Waals surface area contributed by atoms with Crippen molar-refractivity contribution >= 4 is 23.8 Å². The van der Waals surface area contributed by atoms with Crippen molar-refractivity contribution in [1.82, 2.24) is 14.9 Å². The Kier molecular flexibility index (Phi) is 9.11. The highest BCUT2D eigenvalue weighted by Gasteiger charge is 2.22. The average molecular weight is 533 g/mol. The minimum absolute atomic E-state index is 0.290. The van der Waals surface area contributed by atoms with Crippen LogP contribution in [0.25, 0.3) is 0 Å². The van der Waals surface area contributed by atoms with Crippen LogP contribution in [0, 0.1) is 18.7 Å². The zero-order valence-corrected chi connectivity index (χ0v) is 23.0. The van der Waals surface area contributed by atoms with Crippen LogP contribution >= 0.6 is 0 Å². The number of benzene rings is 2. The summed E-state index contributed by atoms with van der Waals surface area (Å²) >= 11 is 0. The summed E-state index contributed by atoms with van der Waals surface area (Å²) in [6.45, 7) is 9.63. The van der Waals surface area contributed by atoms with Gasteiger partial charge in [0.25, 0.3) is 0 Å². The van der Waals surface area contributed by atoms with Crippen LogP contribution in [0.1, 0.15) is 73.7 Å². The number of hydrogen-bond acceptors (Lipinski definition) is 5. The van der Waals surface area contributed by atoms with E-state index in [-0.39, 0.29) is 11.9 Å². The molecule has 0 spiro atoms. The number of fused-ring (bicyclic) bond motifs is 1. The van der Waals surface area contributed by atoms with E-state index < -0.39 is 6.09 Å². The molecule has 39 heavy (non-hydrogen) atoms. The first kappa shape index (κ1) is 28.0. The molecule has 3 aromatic rings. The summed E-state index contributed by atoms with van der Waals surface area (Å²) in [5.41, 5.74) is 11.7. The van der Waals surface area contributed by atoms with Crippen molar-refractivity contribution < 1.29 is 13.9 Å². The Morgan fingerprint density at radius 1 is 1.21 bits per heavy atom. The molecular weight excluding hydrogens is 495 g/mol. The fourth-order valence-electron chi connectivity index (χ4n) is 4.68. The van der Waals surface area contributed by atoms with E-state index in [0.29, 0.717) is 49.5 Å². The fourth-order valence-corrected chi connectivity index (χ4v) is 4.68. The van der Waals surface area contributed by atoms with Crippen molar-refractivity contribution in [2.24, 2.45) is 21.6 Å². The van der Waals surface area contributed by atoms with Gasteiger partial charge in [-0.15, -0.1) is 0 Å². The lowest BCUT2D eigenvalue weighted by molar-refractivity contribution is 0.143. The number of rotatable bonds is 11. The third-order valence-corrected chi connectivity index (χ3v) is 7.01. The van der Waals surface area contributed by atoms with Gasteiger partial charge in [0.1, 0.15) is 17.3 Å². The molecule has 0 aliphatic carbocycles. The van der Waals surface area contributed by atoms with Crippen LogP contribution in [0.5, 0.6) is 0 Å². The molecule has 0 radical (unpaired) electrons. The van der Waals surface area contributed by atoms with E-state index >= 15 is 0 Å². The largest absolute Gasteiger partial charge is 0.450 e. The predicted octanol–water partition coefficient (Wildman–Crippen LogP) is 5.96. The molecule has 8 nitrogen and oxygen atoms in total. The maximum Gasteiger partial charge on any atom is 0.407 e. The summed E-state index contributed by atoms with van der Waals surface area (Å²) in [4.78, 5) is 25.6. The second kappa shape index (κ2) is 12.7. The fraction of sp³-hybridized carbons (Fsp3) is 0.400. The number of carbonyl (C=O) groups excluding carboxylic acids is 1. The lowest BCUT2D eigenvalue weighted by Gasteiger charge is -2.14. The van der Waals surface area contributed by atoms with Crippen LogP contribution in [-0.2, 0) is 17.8 Å². The lowest BCUT2D eigenvalue weighted by atomic mass is 9.89. The maximum atomic E-state index is 13.5. The predicted molar refractivity (Wildman–Crippen MR) is 152 cm³/mol. The minimum Gasteiger partial charge on any atom is -0.450 e. The molecule has 0 fully saturated rings. The van der Waals surface area contributed by atoms with E-state index in [9.17, 15) is 9.18 Å². The Hall–Kier alpha value is -4.01. The summed E-state index contributed by atoms with van der Waals surface area (Å²) in [6, 6.07) is 12.2. The highest BCUT2D eigenvalue weighted by atomic mass is 19.1. The molecule has 0 saturated carbocycles. The Morgan fingerprint density at radius 2 is 2.03 bits per heavy atom. The normalized spacial score (nSPS) is 15.4. The van der Waals surface area contributed by atoms with Crippen LogP contribution in [0.4, 0.5) is 14.9 Å². The standard InChI is InChI=1S/C30H37FN6O2/c1-19(2)26-17-33-27-11-10-22(14-25(26)27)16-34-30(38)39-13-6-5-12-37-18-35-28(21(37)4)29(32)36-20(3)23-8-7-9-24(31)15-23/h7-11,14-15,17-20,26H,5-6,12-13,16H2,1-4H3,(H2,32,36)(H,34,38)/t20-,26?/m0/s1. The molecule has 0 saturated heterocycles. The second-order valence-corrected chi connectivity index (χ2v) is 10.3. The summed E-state index contributed by atoms with van der Waals surface area (Å²) in [5.74, 6) is 0.805. The average Bonchev–Trinajstić information content (AvgIpc) is 3.50. The number of amidine groups is 1. The summed E-state index contributed by atoms with van der Waals surface area (Å²) < 4.78 is 20.9. The molecule has 1 aliphatic heterocycles. The molecule has 4 rings (SSSR count). The summed E-state index contributed by atoms with van der Waals surface area (Å²) in [7, 11) is 0. The van der Waals surface area contributed by atoms with Gasteiger partial charge in [-0.2, -0.15) is 0 Å². The van der Waals surface area contributed by atoms with Crippen LogP contribution in [0.15, 0.2) is 58.8 Å². The molecule has 2 aromatic carbocycles. The molecule has 3 N–H and O–H groups in total. The van der Waals surface area contributed by atoms with E-state index in [0.717, 1.165) is 28.9 Å². The smallest absolute Gasteiger partial charge is 0.407 e. The molecule has 1 aromatic heterocycles. The van der Waals surface area contributed by atoms with Gasteiger partial charge < -0.3 is 20.4 Å². The van der Waals surface area contributed by atoms with Gasteiger partial charge in [0.15, 0.2) is 0 Å². The van der Waals surface area contributed by atoms with E-state index in [1.54, 1.807) is 12.4 Å². The number of nitrogens with one attached hydrogen (secondary N) is 1. The second-order valence-electron chi connectivity index (χ2n) is 10.3. The number of ether oxygens (including phenoxy) is 1. The molecular formula is C30H37FN6O2. The maximum absolute atomic E-state index is 13.5. The van der Waals surface area contributed by atoms with Crippen molar-refractivity contribution in [3.8, 4) is 0 Å². The molecule has 206 valence electrons. The number of hydrogen-bond donors (Lipinski definition) is 2. The van der Waals surface area contributed by atoms with Crippen LogP contribution < -0.4 is 11.1 Å². The SMILES string of the molecule is Cc1c(C(N)=N[C@@H](C)c2cccc(F)c2)ncn1CCCCOC(=O)NCc1ccc2c(c1)C(C(C)C)C=N2. The number of nitrogens with two attached hydrogens (primary N) is 1. The summed E-state index contributed by atoms with van der Waals surface area (Å²) in [5, 5.41) is 2.83. The first-order chi connectivity index (χ1) is 18.7. The van der Waals surface area contributed by atoms with Crippen molar-refractivity contribution in [1.29, 1.82) is 0 Å². The number of imidazole rings is 1. The number of nitrogens with zero attached hydrogens (tertiary/aromatic N) is 4. The number of aliphatic imine (C=N–C) groups is 2. The molecule has 1 aliphatic rings. The Labute approximate surface area is 229 Å². The van der Waals surface area contributed by atoms with Gasteiger partial charge in [-0.3, -0.25) is 9.98 Å². The van der Waals surface area contributed by atoms with Crippen molar-refractivity contribution in [3.63, 3.8) is 0 Å². The quantitative estimate of drug-likeness (QED) is 0.180. The highest BCUT2D eigenvalue weighted by Crippen LogP contribution is 2.36. The molecule has 1 amide bonds. The molecule has 0 bridgehead atoms. The third kappa shape index (κ3) is 7.10. The van der Waals surface area contributed by atoms with Gasteiger partial charge >= 0.3 is 6.09 Å². The van der Waals surface area contributed by atoms with E-state index in [2.05, 4.69) is 40.2 Å². The number of aryl methyl sites for hydroxylation is 1. The summed E-state index contributed by atoms with van der Waals surface area (Å²) in [6.07, 6.45) is 4.84. The number of unbranched alkanes of at least 4 members (excludes halogenated alkanes) is 1. The minimum atomic E-state index is -0.426. The van der Waals surface area contributed by atoms with Gasteiger partial charge in [-0.25, -0.2) is 14.2 Å².